The third-order valence-corrected chi connectivity index (χ3v) is 2.03. The summed E-state index contributed by atoms with van der Waals surface area (Å²) >= 11 is 21.3. The van der Waals surface area contributed by atoms with E-state index in [-0.39, 0.29) is 19.3 Å². The second-order valence-electron chi connectivity index (χ2n) is 2.48. The van der Waals surface area contributed by atoms with Gasteiger partial charge in [-0.05, 0) is 19.3 Å². The van der Waals surface area contributed by atoms with Gasteiger partial charge in [0.1, 0.15) is 5.56 Å². The van der Waals surface area contributed by atoms with Crippen LogP contribution in [0.1, 0.15) is 19.3 Å². The van der Waals surface area contributed by atoms with Crippen molar-refractivity contribution in [2.75, 3.05) is 0 Å². The summed E-state index contributed by atoms with van der Waals surface area (Å²) in [5.74, 6) is 0. The Kier molecular flexibility index (Phi) is 6.23. The molecule has 0 aromatic heterocycles. The highest BCUT2D eigenvalue weighted by molar-refractivity contribution is 6.67. The summed E-state index contributed by atoms with van der Waals surface area (Å²) in [5, 5.41) is 0. The number of hydrogen-bond donors (Lipinski definition) is 0. The summed E-state index contributed by atoms with van der Waals surface area (Å²) in [7, 11) is 0. The van der Waals surface area contributed by atoms with Crippen LogP contribution in [0.25, 0.3) is 0 Å². The first-order valence-corrected chi connectivity index (χ1v) is 5.12. The first-order valence-electron chi connectivity index (χ1n) is 3.55. The van der Waals surface area contributed by atoms with Crippen molar-refractivity contribution in [3.63, 3.8) is 0 Å². The molecule has 0 saturated carbocycles. The van der Waals surface area contributed by atoms with Crippen molar-refractivity contribution in [1.82, 2.24) is 0 Å². The molecular weight excluding hydrogens is 287 g/mol. The Morgan fingerprint density at radius 3 is 2.00 bits per heavy atom. The van der Waals surface area contributed by atoms with Gasteiger partial charge in [0.2, 0.25) is 0 Å². The molecule has 1 nitrogen and oxygen atoms in total. The Labute approximate surface area is 99.4 Å². The van der Waals surface area contributed by atoms with Crippen LogP contribution in [0.15, 0.2) is 0 Å². The Bertz CT molecular complexity index is 167. The lowest BCUT2D eigenvalue weighted by molar-refractivity contribution is -0.332. The zero-order valence-corrected chi connectivity index (χ0v) is 9.78. The molecule has 0 aliphatic carbocycles. The quantitative estimate of drug-likeness (QED) is 0.687. The molecule has 0 aromatic rings. The summed E-state index contributed by atoms with van der Waals surface area (Å²) < 4.78 is 36.8. The molecule has 0 N–H and O–H groups in total. The molecule has 14 heavy (non-hydrogen) atoms. The lowest BCUT2D eigenvalue weighted by Gasteiger charge is -2.14. The predicted molar refractivity (Wildman–Crippen MR) is 50.9 cm³/mol. The van der Waals surface area contributed by atoms with Crippen LogP contribution in [-0.2, 0) is 4.74 Å². The number of alkyl halides is 7. The molecule has 0 aliphatic heterocycles. The summed E-state index contributed by atoms with van der Waals surface area (Å²) in [6.45, 7) is 0. The fourth-order valence-corrected chi connectivity index (χ4v) is 1.32. The second-order valence-corrected chi connectivity index (χ2v) is 5.48. The maximum absolute atomic E-state index is 11.6. The molecule has 1 atom stereocenters. The second kappa shape index (κ2) is 5.85. The predicted octanol–water partition coefficient (Wildman–Crippen LogP) is 4.63. The Hall–Kier alpha value is 0.910. The van der Waals surface area contributed by atoms with Gasteiger partial charge < -0.3 is 0 Å². The molecule has 0 radical (unpaired) electrons. The highest BCUT2D eigenvalue weighted by atomic mass is 35.6. The molecule has 0 rings (SSSR count). The van der Waals surface area contributed by atoms with Gasteiger partial charge in [-0.25, -0.2) is 0 Å². The van der Waals surface area contributed by atoms with Crippen LogP contribution >= 0.6 is 46.4 Å². The minimum atomic E-state index is -4.73. The number of hydrogen-bond acceptors (Lipinski definition) is 1. The zero-order chi connectivity index (χ0) is 11.4. The van der Waals surface area contributed by atoms with Crippen molar-refractivity contribution in [2.24, 2.45) is 0 Å². The minimum absolute atomic E-state index is 0.0328. The van der Waals surface area contributed by atoms with E-state index in [1.165, 1.54) is 0 Å². The molecule has 1 unspecified atom stereocenters. The molecule has 0 saturated heterocycles. The van der Waals surface area contributed by atoms with Gasteiger partial charge in [-0.1, -0.05) is 46.4 Å². The largest absolute Gasteiger partial charge is 0.523 e. The van der Waals surface area contributed by atoms with E-state index < -0.39 is 15.7 Å². The van der Waals surface area contributed by atoms with Gasteiger partial charge in [0.15, 0.2) is 3.79 Å². The van der Waals surface area contributed by atoms with Crippen molar-refractivity contribution >= 4 is 46.4 Å². The maximum Gasteiger partial charge on any atom is 0.523 e. The van der Waals surface area contributed by atoms with E-state index in [4.69, 9.17) is 46.4 Å². The third kappa shape index (κ3) is 11.0. The van der Waals surface area contributed by atoms with Crippen LogP contribution in [0.2, 0.25) is 0 Å². The Morgan fingerprint density at radius 1 is 1.14 bits per heavy atom. The molecule has 0 heterocycles. The molecule has 0 aliphatic rings. The van der Waals surface area contributed by atoms with Gasteiger partial charge in [0.25, 0.3) is 0 Å². The van der Waals surface area contributed by atoms with Crippen molar-refractivity contribution in [2.45, 2.75) is 35.0 Å². The van der Waals surface area contributed by atoms with E-state index in [2.05, 4.69) is 4.74 Å². The topological polar surface area (TPSA) is 9.23 Å². The van der Waals surface area contributed by atoms with Gasteiger partial charge in [-0.2, -0.15) is 0 Å². The van der Waals surface area contributed by atoms with Gasteiger partial charge >= 0.3 is 6.36 Å². The van der Waals surface area contributed by atoms with Gasteiger partial charge in [0, 0.05) is 0 Å². The van der Waals surface area contributed by atoms with Crippen molar-refractivity contribution in [3.8, 4) is 0 Å². The summed E-state index contributed by atoms with van der Waals surface area (Å²) in [6.07, 6.45) is -4.40. The lowest BCUT2D eigenvalue weighted by Crippen LogP contribution is -2.20. The van der Waals surface area contributed by atoms with Crippen LogP contribution in [0.5, 0.6) is 0 Å². The third-order valence-electron chi connectivity index (χ3n) is 1.15. The zero-order valence-electron chi connectivity index (χ0n) is 6.75. The monoisotopic (exact) mass is 292 g/mol. The van der Waals surface area contributed by atoms with E-state index in [1.807, 2.05) is 0 Å². The molecule has 0 spiro atoms. The van der Waals surface area contributed by atoms with Crippen LogP contribution < -0.4 is 0 Å². The van der Waals surface area contributed by atoms with Gasteiger partial charge in [-0.3, -0.25) is 4.74 Å². The summed E-state index contributed by atoms with van der Waals surface area (Å²) in [5.41, 5.74) is -1.44. The van der Waals surface area contributed by atoms with E-state index in [0.29, 0.717) is 0 Å². The summed E-state index contributed by atoms with van der Waals surface area (Å²) in [6, 6.07) is 0. The fraction of sp³-hybridized carbons (Fsp3) is 1.00. The standard InChI is InChI=1S/C6H7Cl4F3O/c7-4(14-6(11,12)13)2-1-3-5(8,9)10/h4H,1-3H2. The Morgan fingerprint density at radius 2 is 1.64 bits per heavy atom. The van der Waals surface area contributed by atoms with Gasteiger partial charge in [-0.15, -0.1) is 13.2 Å². The van der Waals surface area contributed by atoms with E-state index >= 15 is 0 Å². The number of halogens is 7. The normalized spacial score (nSPS) is 15.6. The first kappa shape index (κ1) is 14.9. The van der Waals surface area contributed by atoms with E-state index in [9.17, 15) is 13.2 Å². The van der Waals surface area contributed by atoms with Crippen molar-refractivity contribution < 1.29 is 17.9 Å². The van der Waals surface area contributed by atoms with Crippen LogP contribution in [0.4, 0.5) is 13.2 Å². The molecule has 0 fully saturated rings. The smallest absolute Gasteiger partial charge is 0.272 e. The fourth-order valence-electron chi connectivity index (χ4n) is 0.667. The van der Waals surface area contributed by atoms with E-state index in [1.54, 1.807) is 0 Å². The molecule has 0 amide bonds. The highest BCUT2D eigenvalue weighted by Gasteiger charge is 2.32. The minimum Gasteiger partial charge on any atom is -0.272 e. The maximum atomic E-state index is 11.6. The molecule has 86 valence electrons. The van der Waals surface area contributed by atoms with Crippen molar-refractivity contribution in [3.05, 3.63) is 0 Å². The molecule has 8 heteroatoms. The highest BCUT2D eigenvalue weighted by Crippen LogP contribution is 2.33. The van der Waals surface area contributed by atoms with Crippen LogP contribution in [0.3, 0.4) is 0 Å². The SMILES string of the molecule is FC(F)(F)OC(Cl)CCCC(Cl)(Cl)Cl. The number of rotatable bonds is 4. The van der Waals surface area contributed by atoms with Gasteiger partial charge in [0.05, 0.1) is 0 Å². The lowest BCUT2D eigenvalue weighted by atomic mass is 10.2. The molecule has 0 aromatic carbocycles. The molecule has 0 bridgehead atoms. The average molecular weight is 294 g/mol. The van der Waals surface area contributed by atoms with Crippen molar-refractivity contribution in [1.29, 1.82) is 0 Å². The Balaban J connectivity index is 3.60. The number of ether oxygens (including phenoxy) is 1. The average Bonchev–Trinajstić information content (AvgIpc) is 1.78. The molecular formula is C6H7Cl4F3O. The summed E-state index contributed by atoms with van der Waals surface area (Å²) in [4.78, 5) is 0. The first-order chi connectivity index (χ1) is 6.10. The van der Waals surface area contributed by atoms with E-state index in [0.717, 1.165) is 0 Å². The van der Waals surface area contributed by atoms with Crippen LogP contribution in [-0.4, -0.2) is 15.7 Å². The van der Waals surface area contributed by atoms with Crippen LogP contribution in [0, 0.1) is 0 Å².